The Bertz CT molecular complexity index is 727. The molecule has 0 unspecified atom stereocenters. The standard InChI is InChI=1S/C19H25N5O2/c1-3-23-9-11-24(12-10-23)19-20-13-15(14-21-19)18(25)22-16-7-5-6-8-17(16)26-4-2/h5-8,13-14H,3-4,9-12H2,1-2H3,(H,22,25). The van der Waals surface area contributed by atoms with E-state index in [1.165, 1.54) is 0 Å². The molecule has 138 valence electrons. The van der Waals surface area contributed by atoms with Gasteiger partial charge in [0.1, 0.15) is 5.75 Å². The fourth-order valence-corrected chi connectivity index (χ4v) is 2.91. The Labute approximate surface area is 154 Å². The van der Waals surface area contributed by atoms with Crippen LogP contribution in [0.3, 0.4) is 0 Å². The zero-order valence-corrected chi connectivity index (χ0v) is 15.3. The lowest BCUT2D eigenvalue weighted by Crippen LogP contribution is -2.46. The molecule has 0 saturated carbocycles. The van der Waals surface area contributed by atoms with Crippen LogP contribution in [0.1, 0.15) is 24.2 Å². The van der Waals surface area contributed by atoms with Gasteiger partial charge in [-0.15, -0.1) is 0 Å². The first-order chi connectivity index (χ1) is 12.7. The number of aromatic nitrogens is 2. The number of ether oxygens (including phenoxy) is 1. The smallest absolute Gasteiger partial charge is 0.258 e. The monoisotopic (exact) mass is 355 g/mol. The second kappa shape index (κ2) is 8.62. The van der Waals surface area contributed by atoms with Crippen molar-refractivity contribution in [3.8, 4) is 5.75 Å². The minimum absolute atomic E-state index is 0.250. The fourth-order valence-electron chi connectivity index (χ4n) is 2.91. The number of piperazine rings is 1. The normalized spacial score (nSPS) is 14.9. The van der Waals surface area contributed by atoms with Gasteiger partial charge in [0.25, 0.3) is 5.91 Å². The topological polar surface area (TPSA) is 70.6 Å². The highest BCUT2D eigenvalue weighted by molar-refractivity contribution is 6.04. The summed E-state index contributed by atoms with van der Waals surface area (Å²) in [5, 5.41) is 2.86. The van der Waals surface area contributed by atoms with Crippen LogP contribution in [0.2, 0.25) is 0 Å². The molecule has 1 aliphatic heterocycles. The number of likely N-dealkylation sites (N-methyl/N-ethyl adjacent to an activating group) is 1. The van der Waals surface area contributed by atoms with E-state index in [0.29, 0.717) is 29.6 Å². The first kappa shape index (κ1) is 18.1. The third-order valence-corrected chi connectivity index (χ3v) is 4.44. The number of nitrogens with one attached hydrogen (secondary N) is 1. The van der Waals surface area contributed by atoms with Gasteiger partial charge in [-0.2, -0.15) is 0 Å². The number of anilines is 2. The summed E-state index contributed by atoms with van der Waals surface area (Å²) in [7, 11) is 0. The van der Waals surface area contributed by atoms with Gasteiger partial charge >= 0.3 is 0 Å². The van der Waals surface area contributed by atoms with Gasteiger partial charge in [0.05, 0.1) is 17.9 Å². The molecule has 0 radical (unpaired) electrons. The minimum Gasteiger partial charge on any atom is -0.492 e. The van der Waals surface area contributed by atoms with Gasteiger partial charge in [-0.25, -0.2) is 9.97 Å². The third kappa shape index (κ3) is 4.29. The van der Waals surface area contributed by atoms with Gasteiger partial charge in [-0.05, 0) is 25.6 Å². The van der Waals surface area contributed by atoms with Crippen molar-refractivity contribution in [1.82, 2.24) is 14.9 Å². The Kier molecular flexibility index (Phi) is 6.01. The molecular weight excluding hydrogens is 330 g/mol. The molecule has 2 aromatic rings. The highest BCUT2D eigenvalue weighted by Crippen LogP contribution is 2.24. The van der Waals surface area contributed by atoms with Crippen molar-refractivity contribution >= 4 is 17.5 Å². The summed E-state index contributed by atoms with van der Waals surface area (Å²) in [4.78, 5) is 25.8. The second-order valence-electron chi connectivity index (χ2n) is 6.08. The van der Waals surface area contributed by atoms with Crippen molar-refractivity contribution < 1.29 is 9.53 Å². The summed E-state index contributed by atoms with van der Waals surface area (Å²) in [5.41, 5.74) is 1.06. The molecule has 7 heteroatoms. The lowest BCUT2D eigenvalue weighted by molar-refractivity contribution is 0.102. The molecule has 1 N–H and O–H groups in total. The largest absolute Gasteiger partial charge is 0.492 e. The van der Waals surface area contributed by atoms with Gasteiger partial charge < -0.3 is 19.9 Å². The fraction of sp³-hybridized carbons (Fsp3) is 0.421. The van der Waals surface area contributed by atoms with Crippen molar-refractivity contribution in [3.63, 3.8) is 0 Å². The van der Waals surface area contributed by atoms with Crippen LogP contribution >= 0.6 is 0 Å². The summed E-state index contributed by atoms with van der Waals surface area (Å²) in [6.45, 7) is 9.51. The van der Waals surface area contributed by atoms with Crippen LogP contribution in [0.4, 0.5) is 11.6 Å². The van der Waals surface area contributed by atoms with E-state index in [-0.39, 0.29) is 5.91 Å². The highest BCUT2D eigenvalue weighted by atomic mass is 16.5. The molecule has 1 fully saturated rings. The van der Waals surface area contributed by atoms with E-state index in [2.05, 4.69) is 32.0 Å². The summed E-state index contributed by atoms with van der Waals surface area (Å²) >= 11 is 0. The molecule has 1 amide bonds. The SMILES string of the molecule is CCOc1ccccc1NC(=O)c1cnc(N2CCN(CC)CC2)nc1. The van der Waals surface area contributed by atoms with E-state index >= 15 is 0 Å². The van der Waals surface area contributed by atoms with E-state index < -0.39 is 0 Å². The van der Waals surface area contributed by atoms with Crippen LogP contribution in [0, 0.1) is 0 Å². The summed E-state index contributed by atoms with van der Waals surface area (Å²) < 4.78 is 5.53. The minimum atomic E-state index is -0.250. The predicted molar refractivity (Wildman–Crippen MR) is 102 cm³/mol. The van der Waals surface area contributed by atoms with Crippen molar-refractivity contribution in [1.29, 1.82) is 0 Å². The Morgan fingerprint density at radius 3 is 2.46 bits per heavy atom. The molecule has 1 saturated heterocycles. The third-order valence-electron chi connectivity index (χ3n) is 4.44. The maximum Gasteiger partial charge on any atom is 0.258 e. The maximum atomic E-state index is 12.5. The van der Waals surface area contributed by atoms with Crippen LogP contribution in [0.25, 0.3) is 0 Å². The van der Waals surface area contributed by atoms with E-state index in [1.807, 2.05) is 31.2 Å². The van der Waals surface area contributed by atoms with Crippen molar-refractivity contribution in [2.24, 2.45) is 0 Å². The molecule has 26 heavy (non-hydrogen) atoms. The number of hydrogen-bond donors (Lipinski definition) is 1. The van der Waals surface area contributed by atoms with E-state index in [9.17, 15) is 4.79 Å². The van der Waals surface area contributed by atoms with Crippen molar-refractivity contribution in [2.45, 2.75) is 13.8 Å². The first-order valence-electron chi connectivity index (χ1n) is 9.03. The zero-order valence-electron chi connectivity index (χ0n) is 15.3. The average molecular weight is 355 g/mol. The summed E-state index contributed by atoms with van der Waals surface area (Å²) in [6, 6.07) is 7.37. The molecule has 1 aromatic heterocycles. The van der Waals surface area contributed by atoms with Gasteiger partial charge in [0, 0.05) is 38.6 Å². The van der Waals surface area contributed by atoms with Crippen LogP contribution in [0.15, 0.2) is 36.7 Å². The van der Waals surface area contributed by atoms with Crippen molar-refractivity contribution in [2.75, 3.05) is 49.5 Å². The zero-order chi connectivity index (χ0) is 18.4. The van der Waals surface area contributed by atoms with E-state index in [4.69, 9.17) is 4.74 Å². The van der Waals surface area contributed by atoms with Crippen LogP contribution in [-0.2, 0) is 0 Å². The highest BCUT2D eigenvalue weighted by Gasteiger charge is 2.18. The Morgan fingerprint density at radius 1 is 1.12 bits per heavy atom. The number of carbonyl (C=O) groups excluding carboxylic acids is 1. The molecule has 1 aliphatic rings. The number of rotatable bonds is 6. The number of nitrogens with zero attached hydrogens (tertiary/aromatic N) is 4. The Hall–Kier alpha value is -2.67. The molecule has 0 atom stereocenters. The van der Waals surface area contributed by atoms with Crippen LogP contribution in [0.5, 0.6) is 5.75 Å². The second-order valence-corrected chi connectivity index (χ2v) is 6.08. The number of amides is 1. The molecule has 7 nitrogen and oxygen atoms in total. The quantitative estimate of drug-likeness (QED) is 0.857. The lowest BCUT2D eigenvalue weighted by Gasteiger charge is -2.33. The first-order valence-corrected chi connectivity index (χ1v) is 9.03. The molecular formula is C19H25N5O2. The maximum absolute atomic E-state index is 12.5. The van der Waals surface area contributed by atoms with E-state index in [0.717, 1.165) is 32.7 Å². The molecule has 0 spiro atoms. The van der Waals surface area contributed by atoms with Crippen LogP contribution < -0.4 is 15.0 Å². The van der Waals surface area contributed by atoms with E-state index in [1.54, 1.807) is 12.4 Å². The van der Waals surface area contributed by atoms with Gasteiger partial charge in [0.15, 0.2) is 0 Å². The molecule has 2 heterocycles. The van der Waals surface area contributed by atoms with Gasteiger partial charge in [-0.1, -0.05) is 19.1 Å². The Balaban J connectivity index is 1.64. The molecule has 3 rings (SSSR count). The average Bonchev–Trinajstić information content (AvgIpc) is 2.70. The molecule has 0 bridgehead atoms. The van der Waals surface area contributed by atoms with Crippen LogP contribution in [-0.4, -0.2) is 60.1 Å². The Morgan fingerprint density at radius 2 is 1.81 bits per heavy atom. The van der Waals surface area contributed by atoms with Crippen molar-refractivity contribution in [3.05, 3.63) is 42.2 Å². The number of carbonyl (C=O) groups is 1. The number of hydrogen-bond acceptors (Lipinski definition) is 6. The molecule has 0 aliphatic carbocycles. The lowest BCUT2D eigenvalue weighted by atomic mass is 10.2. The van der Waals surface area contributed by atoms with Gasteiger partial charge in [0.2, 0.25) is 5.95 Å². The number of benzene rings is 1. The predicted octanol–water partition coefficient (Wildman–Crippen LogP) is 2.27. The van der Waals surface area contributed by atoms with Gasteiger partial charge in [-0.3, -0.25) is 4.79 Å². The summed E-state index contributed by atoms with van der Waals surface area (Å²) in [6.07, 6.45) is 3.15. The number of para-hydroxylation sites is 2. The summed E-state index contributed by atoms with van der Waals surface area (Å²) in [5.74, 6) is 1.07. The molecule has 1 aromatic carbocycles.